The minimum absolute atomic E-state index is 0.0329. The first kappa shape index (κ1) is 20.5. The molecule has 1 aliphatic heterocycles. The molecule has 9 nitrogen and oxygen atoms in total. The third-order valence-electron chi connectivity index (χ3n) is 5.07. The summed E-state index contributed by atoms with van der Waals surface area (Å²) in [5.41, 5.74) is 3.11. The number of carboxylic acid groups (broad SMARTS) is 1. The van der Waals surface area contributed by atoms with Crippen molar-refractivity contribution < 1.29 is 24.3 Å². The van der Waals surface area contributed by atoms with E-state index < -0.39 is 23.7 Å². The van der Waals surface area contributed by atoms with E-state index in [4.69, 9.17) is 0 Å². The number of aromatic nitrogens is 1. The number of aryl methyl sites for hydroxylation is 1. The minimum Gasteiger partial charge on any atom is -0.479 e. The molecule has 10 heteroatoms. The second-order valence-electron chi connectivity index (χ2n) is 7.08. The number of aliphatic imine (C=N–C) groups is 1. The highest BCUT2D eigenvalue weighted by Crippen LogP contribution is 2.28. The summed E-state index contributed by atoms with van der Waals surface area (Å²) in [6, 6.07) is 7.55. The van der Waals surface area contributed by atoms with E-state index in [1.807, 2.05) is 31.2 Å². The van der Waals surface area contributed by atoms with Crippen LogP contribution in [0.25, 0.3) is 10.9 Å². The van der Waals surface area contributed by atoms with Gasteiger partial charge in [-0.15, -0.1) is 11.3 Å². The number of aromatic amines is 1. The van der Waals surface area contributed by atoms with Crippen molar-refractivity contribution in [3.05, 3.63) is 51.8 Å². The zero-order chi connectivity index (χ0) is 22.3. The Balaban J connectivity index is 1.61. The summed E-state index contributed by atoms with van der Waals surface area (Å²) in [7, 11) is 1.34. The molecule has 1 atom stereocenters. The highest BCUT2D eigenvalue weighted by atomic mass is 32.1. The molecule has 4 rings (SSSR count). The Morgan fingerprint density at radius 3 is 2.74 bits per heavy atom. The average Bonchev–Trinajstić information content (AvgIpc) is 3.30. The molecule has 0 spiro atoms. The molecule has 31 heavy (non-hydrogen) atoms. The predicted octanol–water partition coefficient (Wildman–Crippen LogP) is 1.96. The number of fused-ring (bicyclic) bond motifs is 1. The van der Waals surface area contributed by atoms with Crippen LogP contribution >= 0.6 is 11.3 Å². The number of para-hydroxylation sites is 1. The number of nitrogens with zero attached hydrogens (tertiary/aromatic N) is 2. The monoisotopic (exact) mass is 438 g/mol. The summed E-state index contributed by atoms with van der Waals surface area (Å²) >= 11 is 1.18. The molecule has 2 aromatic heterocycles. The molecule has 0 saturated heterocycles. The number of rotatable bonds is 5. The molecule has 3 aromatic rings. The first-order valence-corrected chi connectivity index (χ1v) is 10.2. The molecule has 2 amide bonds. The quantitative estimate of drug-likeness (QED) is 0.414. The topological polar surface area (TPSA) is 132 Å². The van der Waals surface area contributed by atoms with E-state index in [1.54, 1.807) is 11.4 Å². The number of amides is 2. The van der Waals surface area contributed by atoms with Crippen LogP contribution in [-0.2, 0) is 25.6 Å². The van der Waals surface area contributed by atoms with Gasteiger partial charge in [0.2, 0.25) is 11.9 Å². The van der Waals surface area contributed by atoms with Gasteiger partial charge in [-0.25, -0.2) is 9.79 Å². The molecular weight excluding hydrogens is 420 g/mol. The van der Waals surface area contributed by atoms with Crippen LogP contribution in [0, 0.1) is 6.92 Å². The number of nitrogens with one attached hydrogen (secondary N) is 2. The summed E-state index contributed by atoms with van der Waals surface area (Å²) < 4.78 is 0. The second-order valence-corrected chi connectivity index (χ2v) is 8.00. The number of hydrogen-bond acceptors (Lipinski definition) is 6. The Kier molecular flexibility index (Phi) is 5.15. The van der Waals surface area contributed by atoms with Crippen LogP contribution in [0.1, 0.15) is 16.1 Å². The number of Topliss-reactive ketones (excluding diaryl/α,β-unsaturated/α-hetero) is 1. The van der Waals surface area contributed by atoms with Gasteiger partial charge in [-0.1, -0.05) is 18.2 Å². The summed E-state index contributed by atoms with van der Waals surface area (Å²) in [6.45, 7) is 1.90. The molecule has 1 unspecified atom stereocenters. The number of carbonyl (C=O) groups is 4. The zero-order valence-electron chi connectivity index (χ0n) is 16.6. The van der Waals surface area contributed by atoms with Crippen LogP contribution in [0.15, 0.2) is 40.7 Å². The molecule has 0 aliphatic carbocycles. The number of aliphatic carboxylic acids is 1. The molecule has 0 radical (unpaired) electrons. The number of anilines is 1. The van der Waals surface area contributed by atoms with Crippen LogP contribution in [0.5, 0.6) is 0 Å². The predicted molar refractivity (Wildman–Crippen MR) is 115 cm³/mol. The van der Waals surface area contributed by atoms with Gasteiger partial charge in [0.05, 0.1) is 17.0 Å². The van der Waals surface area contributed by atoms with Crippen LogP contribution in [0.4, 0.5) is 5.69 Å². The van der Waals surface area contributed by atoms with Crippen molar-refractivity contribution in [3.63, 3.8) is 0 Å². The Morgan fingerprint density at radius 1 is 1.26 bits per heavy atom. The van der Waals surface area contributed by atoms with Crippen molar-refractivity contribution in [1.82, 2.24) is 9.88 Å². The highest BCUT2D eigenvalue weighted by molar-refractivity contribution is 7.12. The molecule has 3 heterocycles. The fourth-order valence-corrected chi connectivity index (χ4v) is 4.40. The summed E-state index contributed by atoms with van der Waals surface area (Å²) in [5.74, 6) is -3.80. The maximum absolute atomic E-state index is 12.8. The number of carbonyl (C=O) groups excluding carboxylic acids is 3. The van der Waals surface area contributed by atoms with Crippen molar-refractivity contribution in [2.24, 2.45) is 4.99 Å². The lowest BCUT2D eigenvalue weighted by Gasteiger charge is -2.25. The van der Waals surface area contributed by atoms with Crippen molar-refractivity contribution >= 4 is 57.3 Å². The smallest absolute Gasteiger partial charge is 0.336 e. The van der Waals surface area contributed by atoms with Gasteiger partial charge in [0.1, 0.15) is 0 Å². The van der Waals surface area contributed by atoms with Gasteiger partial charge < -0.3 is 15.4 Å². The first-order valence-electron chi connectivity index (χ1n) is 9.34. The summed E-state index contributed by atoms with van der Waals surface area (Å²) in [6.07, 6.45) is 0.128. The molecule has 1 aromatic carbocycles. The van der Waals surface area contributed by atoms with E-state index >= 15 is 0 Å². The number of hydrogen-bond donors (Lipinski definition) is 3. The van der Waals surface area contributed by atoms with Gasteiger partial charge in [0.15, 0.2) is 5.84 Å². The lowest BCUT2D eigenvalue weighted by molar-refractivity contribution is -0.149. The molecule has 3 N–H and O–H groups in total. The number of carboxylic acids is 1. The van der Waals surface area contributed by atoms with Crippen molar-refractivity contribution in [2.75, 3.05) is 12.4 Å². The fourth-order valence-electron chi connectivity index (χ4n) is 3.52. The molecular formula is C21H18N4O5S. The second kappa shape index (κ2) is 7.80. The lowest BCUT2D eigenvalue weighted by atomic mass is 10.1. The van der Waals surface area contributed by atoms with E-state index in [9.17, 15) is 24.3 Å². The third kappa shape index (κ3) is 3.61. The van der Waals surface area contributed by atoms with E-state index in [2.05, 4.69) is 15.3 Å². The molecule has 0 bridgehead atoms. The maximum Gasteiger partial charge on any atom is 0.336 e. The van der Waals surface area contributed by atoms with Gasteiger partial charge >= 0.3 is 5.97 Å². The van der Waals surface area contributed by atoms with Crippen LogP contribution in [-0.4, -0.2) is 57.5 Å². The van der Waals surface area contributed by atoms with Crippen molar-refractivity contribution in [1.29, 1.82) is 0 Å². The Morgan fingerprint density at radius 2 is 2.00 bits per heavy atom. The normalized spacial score (nSPS) is 16.5. The number of H-pyrrole nitrogens is 1. The molecule has 1 aliphatic rings. The van der Waals surface area contributed by atoms with Crippen LogP contribution in [0.3, 0.4) is 0 Å². The lowest BCUT2D eigenvalue weighted by Crippen LogP contribution is -2.50. The number of benzene rings is 1. The summed E-state index contributed by atoms with van der Waals surface area (Å²) in [4.78, 5) is 56.9. The van der Waals surface area contributed by atoms with Gasteiger partial charge in [-0.05, 0) is 30.0 Å². The molecule has 158 valence electrons. The SMILES string of the molecule is Cc1[nH]c2ccccc2c1CC(=O)Nc1ccsc1C1=NC(C(=O)O)C(=O)C(=O)N1C. The number of thiophene rings is 1. The zero-order valence-corrected chi connectivity index (χ0v) is 17.4. The Labute approximate surface area is 180 Å². The number of amidine groups is 1. The van der Waals surface area contributed by atoms with Gasteiger partial charge in [-0.2, -0.15) is 0 Å². The van der Waals surface area contributed by atoms with Gasteiger partial charge in [-0.3, -0.25) is 19.3 Å². The third-order valence-corrected chi connectivity index (χ3v) is 5.98. The highest BCUT2D eigenvalue weighted by Gasteiger charge is 2.40. The fraction of sp³-hybridized carbons (Fsp3) is 0.190. The van der Waals surface area contributed by atoms with E-state index in [0.29, 0.717) is 10.6 Å². The van der Waals surface area contributed by atoms with Gasteiger partial charge in [0, 0.05) is 23.6 Å². The van der Waals surface area contributed by atoms with Crippen LogP contribution in [0.2, 0.25) is 0 Å². The average molecular weight is 438 g/mol. The van der Waals surface area contributed by atoms with Crippen LogP contribution < -0.4 is 5.32 Å². The Bertz CT molecular complexity index is 1270. The number of ketones is 1. The Hall–Kier alpha value is -3.79. The van der Waals surface area contributed by atoms with E-state index in [-0.39, 0.29) is 18.2 Å². The number of likely N-dealkylation sites (N-methyl/N-ethyl adjacent to an activating group) is 1. The first-order chi connectivity index (χ1) is 14.8. The largest absolute Gasteiger partial charge is 0.479 e. The van der Waals surface area contributed by atoms with Gasteiger partial charge in [0.25, 0.3) is 11.7 Å². The standard InChI is InChI=1S/C21H18N4O5S/c1-10-12(11-5-3-4-6-13(11)22-10)9-15(26)23-14-7-8-31-18(14)19-24-16(21(29)30)17(27)20(28)25(19)2/h3-8,16,22H,9H2,1-2H3,(H,23,26)(H,29,30). The van der Waals surface area contributed by atoms with E-state index in [1.165, 1.54) is 18.4 Å². The molecule has 0 fully saturated rings. The van der Waals surface area contributed by atoms with E-state index in [0.717, 1.165) is 27.1 Å². The summed E-state index contributed by atoms with van der Waals surface area (Å²) in [5, 5.41) is 14.7. The minimum atomic E-state index is -1.79. The molecule has 0 saturated carbocycles. The maximum atomic E-state index is 12.8. The van der Waals surface area contributed by atoms with Crippen molar-refractivity contribution in [2.45, 2.75) is 19.4 Å². The van der Waals surface area contributed by atoms with Crippen molar-refractivity contribution in [3.8, 4) is 0 Å².